The molecule has 9 nitrogen and oxygen atoms in total. The summed E-state index contributed by atoms with van der Waals surface area (Å²) in [5, 5.41) is 2.66. The molecule has 0 aliphatic carbocycles. The molecule has 0 bridgehead atoms. The van der Waals surface area contributed by atoms with E-state index in [9.17, 15) is 18.0 Å². The van der Waals surface area contributed by atoms with Crippen molar-refractivity contribution in [2.45, 2.75) is 18.2 Å². The molecule has 0 saturated carbocycles. The molecule has 0 radical (unpaired) electrons. The number of anilines is 2. The van der Waals surface area contributed by atoms with Crippen LogP contribution in [0.2, 0.25) is 0 Å². The molecule has 0 atom stereocenters. The van der Waals surface area contributed by atoms with E-state index in [0.29, 0.717) is 22.5 Å². The highest BCUT2D eigenvalue weighted by Crippen LogP contribution is 2.29. The highest BCUT2D eigenvalue weighted by atomic mass is 79.9. The number of carbonyl (C=O) groups is 2. The zero-order valence-electron chi connectivity index (χ0n) is 15.9. The molecule has 0 saturated heterocycles. The fourth-order valence-electron chi connectivity index (χ4n) is 2.58. The Labute approximate surface area is 182 Å². The van der Waals surface area contributed by atoms with Crippen molar-refractivity contribution in [1.29, 1.82) is 0 Å². The predicted molar refractivity (Wildman–Crippen MR) is 115 cm³/mol. The van der Waals surface area contributed by atoms with Crippen molar-refractivity contribution in [2.75, 3.05) is 16.6 Å². The van der Waals surface area contributed by atoms with Gasteiger partial charge in [-0.1, -0.05) is 15.9 Å². The fourth-order valence-corrected chi connectivity index (χ4v) is 4.32. The molecule has 11 heteroatoms. The third-order valence-electron chi connectivity index (χ3n) is 3.96. The van der Waals surface area contributed by atoms with Gasteiger partial charge in [-0.25, -0.2) is 8.42 Å². The number of benzene rings is 2. The number of sulfonamides is 1. The smallest absolute Gasteiger partial charge is 0.273 e. The first-order chi connectivity index (χ1) is 14.3. The fraction of sp³-hybridized carbons (Fsp3) is 0.158. The number of ether oxygens (including phenoxy) is 1. The molecular weight excluding hydrogens is 476 g/mol. The van der Waals surface area contributed by atoms with Crippen LogP contribution in [-0.4, -0.2) is 26.8 Å². The van der Waals surface area contributed by atoms with E-state index >= 15 is 0 Å². The number of nitrogens with one attached hydrogen (secondary N) is 4. The van der Waals surface area contributed by atoms with Gasteiger partial charge in [0.2, 0.25) is 5.91 Å². The van der Waals surface area contributed by atoms with E-state index < -0.39 is 15.9 Å². The van der Waals surface area contributed by atoms with E-state index in [1.807, 2.05) is 0 Å². The SMILES string of the molecule is CCOc1ccc(Br)cc1S(=O)(=O)Nc1ccc(NC(=O)C2=CCC(=O)NN2)cc1. The van der Waals surface area contributed by atoms with Gasteiger partial charge in [-0.15, -0.1) is 0 Å². The number of halogens is 1. The van der Waals surface area contributed by atoms with Gasteiger partial charge in [0, 0.05) is 22.3 Å². The van der Waals surface area contributed by atoms with Gasteiger partial charge >= 0.3 is 0 Å². The number of hydrogen-bond acceptors (Lipinski definition) is 6. The third-order valence-corrected chi connectivity index (χ3v) is 5.86. The molecule has 2 aromatic carbocycles. The van der Waals surface area contributed by atoms with Crippen LogP contribution in [0.4, 0.5) is 11.4 Å². The van der Waals surface area contributed by atoms with Crippen molar-refractivity contribution >= 4 is 49.1 Å². The van der Waals surface area contributed by atoms with Gasteiger partial charge < -0.3 is 10.1 Å². The topological polar surface area (TPSA) is 126 Å². The Hall–Kier alpha value is -3.05. The lowest BCUT2D eigenvalue weighted by molar-refractivity contribution is -0.121. The average molecular weight is 495 g/mol. The van der Waals surface area contributed by atoms with Crippen LogP contribution in [0.25, 0.3) is 0 Å². The lowest BCUT2D eigenvalue weighted by atomic mass is 10.2. The molecule has 158 valence electrons. The van der Waals surface area contributed by atoms with E-state index in [1.165, 1.54) is 24.3 Å². The summed E-state index contributed by atoms with van der Waals surface area (Å²) in [6.07, 6.45) is 1.58. The summed E-state index contributed by atoms with van der Waals surface area (Å²) in [5.74, 6) is -0.419. The summed E-state index contributed by atoms with van der Waals surface area (Å²) < 4.78 is 34.1. The molecule has 2 amide bonds. The number of hydrogen-bond donors (Lipinski definition) is 4. The van der Waals surface area contributed by atoms with Gasteiger partial charge in [-0.2, -0.15) is 0 Å². The number of hydrazine groups is 1. The predicted octanol–water partition coefficient (Wildman–Crippen LogP) is 2.50. The normalized spacial score (nSPS) is 13.5. The van der Waals surface area contributed by atoms with Gasteiger partial charge in [-0.05, 0) is 55.5 Å². The average Bonchev–Trinajstić information content (AvgIpc) is 2.71. The second kappa shape index (κ2) is 9.18. The first-order valence-corrected chi connectivity index (χ1v) is 11.2. The number of carbonyl (C=O) groups excluding carboxylic acids is 2. The molecule has 0 aromatic heterocycles. The Kier molecular flexibility index (Phi) is 6.63. The molecule has 30 heavy (non-hydrogen) atoms. The van der Waals surface area contributed by atoms with Crippen LogP contribution in [0.3, 0.4) is 0 Å². The van der Waals surface area contributed by atoms with Crippen LogP contribution in [0.1, 0.15) is 13.3 Å². The Bertz CT molecular complexity index is 1100. The molecule has 0 spiro atoms. The lowest BCUT2D eigenvalue weighted by Crippen LogP contribution is -2.43. The summed E-state index contributed by atoms with van der Waals surface area (Å²) in [7, 11) is -3.90. The van der Waals surface area contributed by atoms with Crippen LogP contribution >= 0.6 is 15.9 Å². The van der Waals surface area contributed by atoms with Crippen LogP contribution < -0.4 is 25.6 Å². The second-order valence-corrected chi connectivity index (χ2v) is 8.72. The molecule has 0 fully saturated rings. The van der Waals surface area contributed by atoms with Gasteiger partial charge in [-0.3, -0.25) is 25.2 Å². The van der Waals surface area contributed by atoms with E-state index in [1.54, 1.807) is 31.2 Å². The minimum Gasteiger partial charge on any atom is -0.492 e. The van der Waals surface area contributed by atoms with Crippen molar-refractivity contribution in [3.63, 3.8) is 0 Å². The minimum atomic E-state index is -3.90. The van der Waals surface area contributed by atoms with Crippen LogP contribution in [-0.2, 0) is 19.6 Å². The van der Waals surface area contributed by atoms with Gasteiger partial charge in [0.1, 0.15) is 16.3 Å². The molecule has 1 heterocycles. The Morgan fingerprint density at radius 2 is 1.83 bits per heavy atom. The largest absolute Gasteiger partial charge is 0.492 e. The van der Waals surface area contributed by atoms with Crippen LogP contribution in [0.15, 0.2) is 63.6 Å². The summed E-state index contributed by atoms with van der Waals surface area (Å²) >= 11 is 3.27. The third kappa shape index (κ3) is 5.30. The first-order valence-electron chi connectivity index (χ1n) is 8.90. The summed E-state index contributed by atoms with van der Waals surface area (Å²) in [6, 6.07) is 10.9. The van der Waals surface area contributed by atoms with Gasteiger partial charge in [0.25, 0.3) is 15.9 Å². The summed E-state index contributed by atoms with van der Waals surface area (Å²) in [6.45, 7) is 2.10. The van der Waals surface area contributed by atoms with Crippen molar-refractivity contribution in [1.82, 2.24) is 10.9 Å². The molecular formula is C19H19BrN4O5S. The van der Waals surface area contributed by atoms with Crippen molar-refractivity contribution < 1.29 is 22.7 Å². The lowest BCUT2D eigenvalue weighted by Gasteiger charge is -2.16. The number of rotatable bonds is 7. The summed E-state index contributed by atoms with van der Waals surface area (Å²) in [5.41, 5.74) is 5.87. The van der Waals surface area contributed by atoms with E-state index in [0.717, 1.165) is 0 Å². The van der Waals surface area contributed by atoms with Crippen LogP contribution in [0, 0.1) is 0 Å². The Morgan fingerprint density at radius 1 is 1.13 bits per heavy atom. The quantitative estimate of drug-likeness (QED) is 0.468. The second-order valence-electron chi connectivity index (χ2n) is 6.16. The van der Waals surface area contributed by atoms with E-state index in [2.05, 4.69) is 36.8 Å². The standard InChI is InChI=1S/C19H19BrN4O5S/c1-2-29-16-9-3-12(20)11-17(16)30(27,28)24-14-6-4-13(5-7-14)21-19(26)15-8-10-18(25)23-22-15/h3-9,11,22,24H,2,10H2,1H3,(H,21,26)(H,23,25). The highest BCUT2D eigenvalue weighted by Gasteiger charge is 2.21. The van der Waals surface area contributed by atoms with Crippen LogP contribution in [0.5, 0.6) is 5.75 Å². The van der Waals surface area contributed by atoms with Gasteiger partial charge in [0.05, 0.1) is 6.61 Å². The molecule has 2 aromatic rings. The van der Waals surface area contributed by atoms with E-state index in [-0.39, 0.29) is 28.7 Å². The zero-order valence-corrected chi connectivity index (χ0v) is 18.3. The molecule has 3 rings (SSSR count). The van der Waals surface area contributed by atoms with Crippen molar-refractivity contribution in [3.8, 4) is 5.75 Å². The first kappa shape index (κ1) is 21.7. The minimum absolute atomic E-state index is 0.00783. The highest BCUT2D eigenvalue weighted by molar-refractivity contribution is 9.10. The maximum Gasteiger partial charge on any atom is 0.273 e. The summed E-state index contributed by atoms with van der Waals surface area (Å²) in [4.78, 5) is 23.3. The van der Waals surface area contributed by atoms with E-state index in [4.69, 9.17) is 4.74 Å². The Morgan fingerprint density at radius 3 is 2.47 bits per heavy atom. The van der Waals surface area contributed by atoms with Crippen molar-refractivity contribution in [3.05, 3.63) is 58.7 Å². The van der Waals surface area contributed by atoms with Gasteiger partial charge in [0.15, 0.2) is 0 Å². The zero-order chi connectivity index (χ0) is 21.7. The molecule has 0 unspecified atom stereocenters. The molecule has 1 aliphatic rings. The maximum atomic E-state index is 12.8. The number of amides is 2. The van der Waals surface area contributed by atoms with Crippen molar-refractivity contribution in [2.24, 2.45) is 0 Å². The maximum absolute atomic E-state index is 12.8. The molecule has 1 aliphatic heterocycles. The molecule has 4 N–H and O–H groups in total. The Balaban J connectivity index is 1.72. The monoisotopic (exact) mass is 494 g/mol.